The van der Waals surface area contributed by atoms with E-state index in [1.807, 2.05) is 81.1 Å². The number of anilines is 1. The summed E-state index contributed by atoms with van der Waals surface area (Å²) in [6.07, 6.45) is 1.61. The average Bonchev–Trinajstić information content (AvgIpc) is 3.71. The summed E-state index contributed by atoms with van der Waals surface area (Å²) in [5.74, 6) is 2.30. The Hall–Kier alpha value is -4.57. The zero-order valence-electron chi connectivity index (χ0n) is 22.4. The van der Waals surface area contributed by atoms with Crippen LogP contribution in [0.2, 0.25) is 0 Å². The molecule has 0 bridgehead atoms. The van der Waals surface area contributed by atoms with E-state index in [1.54, 1.807) is 25.5 Å². The molecular weight excluding hydrogens is 541 g/mol. The van der Waals surface area contributed by atoms with Gasteiger partial charge in [0.05, 0.1) is 24.7 Å². The molecule has 1 fully saturated rings. The van der Waals surface area contributed by atoms with E-state index < -0.39 is 0 Å². The second-order valence-electron chi connectivity index (χ2n) is 9.54. The van der Waals surface area contributed by atoms with Crippen molar-refractivity contribution in [3.05, 3.63) is 108 Å². The molecular formula is C31H28FN5O3S. The quantitative estimate of drug-likeness (QED) is 0.215. The van der Waals surface area contributed by atoms with Crippen molar-refractivity contribution in [2.24, 2.45) is 0 Å². The van der Waals surface area contributed by atoms with Gasteiger partial charge >= 0.3 is 0 Å². The first-order valence-electron chi connectivity index (χ1n) is 13.2. The maximum absolute atomic E-state index is 14.2. The fourth-order valence-corrected chi connectivity index (χ4v) is 5.77. The van der Waals surface area contributed by atoms with E-state index in [1.165, 1.54) is 17.8 Å². The number of nitrogens with zero attached hydrogens (tertiary/aromatic N) is 5. The first-order chi connectivity index (χ1) is 20.1. The number of amides is 1. The number of thioether (sulfide) groups is 1. The lowest BCUT2D eigenvalue weighted by Gasteiger charge is -2.36. The molecule has 8 nitrogen and oxygen atoms in total. The molecule has 1 saturated heterocycles. The van der Waals surface area contributed by atoms with Crippen LogP contribution in [-0.4, -0.2) is 58.9 Å². The standard InChI is InChI=1S/C31H28FN5O3S/c1-39-25-13-11-24(12-14-25)37-29(28-10-5-19-40-28)33-34-31(37)41-21-22-6-4-7-23(20-22)30(38)36-17-15-35(16-18-36)27-9-3-2-8-26(27)32/h2-14,19-20H,15-18,21H2,1H3. The van der Waals surface area contributed by atoms with Crippen LogP contribution in [0, 0.1) is 5.82 Å². The van der Waals surface area contributed by atoms with E-state index in [4.69, 9.17) is 9.15 Å². The van der Waals surface area contributed by atoms with Crippen molar-refractivity contribution in [2.45, 2.75) is 10.9 Å². The highest BCUT2D eigenvalue weighted by atomic mass is 32.2. The van der Waals surface area contributed by atoms with Crippen LogP contribution in [0.4, 0.5) is 10.1 Å². The SMILES string of the molecule is COc1ccc(-n2c(SCc3cccc(C(=O)N4CCN(c5ccccc5F)CC4)c3)nnc2-c2ccco2)cc1. The summed E-state index contributed by atoms with van der Waals surface area (Å²) in [5.41, 5.74) is 3.09. The van der Waals surface area contributed by atoms with Gasteiger partial charge in [-0.15, -0.1) is 10.2 Å². The number of rotatable bonds is 8. The zero-order valence-corrected chi connectivity index (χ0v) is 23.3. The van der Waals surface area contributed by atoms with E-state index in [0.717, 1.165) is 17.0 Å². The normalized spacial score (nSPS) is 13.4. The van der Waals surface area contributed by atoms with E-state index >= 15 is 0 Å². The van der Waals surface area contributed by atoms with Gasteiger partial charge in [0.15, 0.2) is 10.9 Å². The molecule has 3 heterocycles. The summed E-state index contributed by atoms with van der Waals surface area (Å²) in [5, 5.41) is 9.56. The van der Waals surface area contributed by atoms with Crippen LogP contribution in [0.3, 0.4) is 0 Å². The number of halogens is 1. The molecule has 1 amide bonds. The molecule has 1 aliphatic heterocycles. The Labute approximate surface area is 241 Å². The van der Waals surface area contributed by atoms with Gasteiger partial charge in [-0.2, -0.15) is 0 Å². The highest BCUT2D eigenvalue weighted by Gasteiger charge is 2.24. The lowest BCUT2D eigenvalue weighted by molar-refractivity contribution is 0.0746. The van der Waals surface area contributed by atoms with Gasteiger partial charge in [-0.05, 0) is 66.2 Å². The molecule has 0 unspecified atom stereocenters. The average molecular weight is 570 g/mol. The third kappa shape index (κ3) is 5.69. The van der Waals surface area contributed by atoms with Crippen LogP contribution in [-0.2, 0) is 5.75 Å². The molecule has 0 radical (unpaired) electrons. The summed E-state index contributed by atoms with van der Waals surface area (Å²) in [7, 11) is 1.63. The number of carbonyl (C=O) groups is 1. The molecule has 0 saturated carbocycles. The summed E-state index contributed by atoms with van der Waals surface area (Å²) < 4.78 is 27.1. The summed E-state index contributed by atoms with van der Waals surface area (Å²) in [6, 6.07) is 25.8. The Morgan fingerprint density at radius 3 is 2.49 bits per heavy atom. The lowest BCUT2D eigenvalue weighted by atomic mass is 10.1. The molecule has 0 spiro atoms. The smallest absolute Gasteiger partial charge is 0.253 e. The first-order valence-corrected chi connectivity index (χ1v) is 14.2. The van der Waals surface area contributed by atoms with Gasteiger partial charge in [-0.1, -0.05) is 36.0 Å². The summed E-state index contributed by atoms with van der Waals surface area (Å²) in [4.78, 5) is 17.2. The van der Waals surface area contributed by atoms with Crippen LogP contribution in [0.1, 0.15) is 15.9 Å². The highest BCUT2D eigenvalue weighted by Crippen LogP contribution is 2.31. The Kier molecular flexibility index (Phi) is 7.73. The van der Waals surface area contributed by atoms with Gasteiger partial charge in [-0.3, -0.25) is 9.36 Å². The number of para-hydroxylation sites is 1. The van der Waals surface area contributed by atoms with Gasteiger partial charge in [0.25, 0.3) is 5.91 Å². The maximum atomic E-state index is 14.2. The van der Waals surface area contributed by atoms with Gasteiger partial charge in [0.2, 0.25) is 5.82 Å². The largest absolute Gasteiger partial charge is 0.497 e. The third-order valence-electron chi connectivity index (χ3n) is 7.01. The van der Waals surface area contributed by atoms with Crippen molar-refractivity contribution < 1.29 is 18.3 Å². The zero-order chi connectivity index (χ0) is 28.2. The number of carbonyl (C=O) groups excluding carboxylic acids is 1. The molecule has 6 rings (SSSR count). The van der Waals surface area contributed by atoms with E-state index in [0.29, 0.717) is 59.9 Å². The molecule has 2 aromatic heterocycles. The van der Waals surface area contributed by atoms with Gasteiger partial charge in [-0.25, -0.2) is 4.39 Å². The minimum absolute atomic E-state index is 0.0217. The van der Waals surface area contributed by atoms with Crippen molar-refractivity contribution >= 4 is 23.4 Å². The topological polar surface area (TPSA) is 76.6 Å². The van der Waals surface area contributed by atoms with Crippen LogP contribution in [0.15, 0.2) is 101 Å². The monoisotopic (exact) mass is 569 g/mol. The predicted molar refractivity (Wildman–Crippen MR) is 156 cm³/mol. The van der Waals surface area contributed by atoms with Gasteiger partial charge in [0, 0.05) is 37.5 Å². The Balaban J connectivity index is 1.16. The van der Waals surface area contributed by atoms with Crippen molar-refractivity contribution in [3.8, 4) is 23.0 Å². The van der Waals surface area contributed by atoms with E-state index in [-0.39, 0.29) is 11.7 Å². The number of aromatic nitrogens is 3. The number of ether oxygens (including phenoxy) is 1. The summed E-state index contributed by atoms with van der Waals surface area (Å²) in [6.45, 7) is 2.24. The van der Waals surface area contributed by atoms with Gasteiger partial charge < -0.3 is 19.0 Å². The van der Waals surface area contributed by atoms with Crippen LogP contribution in [0.25, 0.3) is 17.3 Å². The number of hydrogen-bond donors (Lipinski definition) is 0. The molecule has 0 atom stereocenters. The van der Waals surface area contributed by atoms with Crippen molar-refractivity contribution in [1.82, 2.24) is 19.7 Å². The van der Waals surface area contributed by atoms with Crippen LogP contribution >= 0.6 is 11.8 Å². The molecule has 1 aliphatic rings. The molecule has 0 N–H and O–H groups in total. The molecule has 5 aromatic rings. The second-order valence-corrected chi connectivity index (χ2v) is 10.5. The fourth-order valence-electron chi connectivity index (χ4n) is 4.88. The first kappa shape index (κ1) is 26.6. The predicted octanol–water partition coefficient (Wildman–Crippen LogP) is 5.93. The van der Waals surface area contributed by atoms with Crippen LogP contribution in [0.5, 0.6) is 5.75 Å². The maximum Gasteiger partial charge on any atom is 0.253 e. The summed E-state index contributed by atoms with van der Waals surface area (Å²) >= 11 is 1.53. The Morgan fingerprint density at radius 2 is 1.76 bits per heavy atom. The number of furan rings is 1. The fraction of sp³-hybridized carbons (Fsp3) is 0.194. The Morgan fingerprint density at radius 1 is 0.951 bits per heavy atom. The lowest BCUT2D eigenvalue weighted by Crippen LogP contribution is -2.49. The van der Waals surface area contributed by atoms with Crippen molar-refractivity contribution in [2.75, 3.05) is 38.2 Å². The molecule has 10 heteroatoms. The minimum Gasteiger partial charge on any atom is -0.497 e. The van der Waals surface area contributed by atoms with E-state index in [9.17, 15) is 9.18 Å². The van der Waals surface area contributed by atoms with Crippen molar-refractivity contribution in [3.63, 3.8) is 0 Å². The number of methoxy groups -OCH3 is 1. The highest BCUT2D eigenvalue weighted by molar-refractivity contribution is 7.98. The molecule has 0 aliphatic carbocycles. The van der Waals surface area contributed by atoms with Gasteiger partial charge in [0.1, 0.15) is 11.6 Å². The number of benzene rings is 3. The number of piperazine rings is 1. The molecule has 208 valence electrons. The van der Waals surface area contributed by atoms with E-state index in [2.05, 4.69) is 10.2 Å². The third-order valence-corrected chi connectivity index (χ3v) is 8.01. The molecule has 41 heavy (non-hydrogen) atoms. The minimum atomic E-state index is -0.239. The Bertz CT molecular complexity index is 1630. The van der Waals surface area contributed by atoms with Crippen LogP contribution < -0.4 is 9.64 Å². The molecule has 3 aromatic carbocycles. The van der Waals surface area contributed by atoms with Crippen molar-refractivity contribution in [1.29, 1.82) is 0 Å². The second kappa shape index (κ2) is 11.9. The number of hydrogen-bond acceptors (Lipinski definition) is 7.